The number of amides is 2. The van der Waals surface area contributed by atoms with Gasteiger partial charge in [0.25, 0.3) is 0 Å². The van der Waals surface area contributed by atoms with Crippen LogP contribution < -0.4 is 10.6 Å². The van der Waals surface area contributed by atoms with Crippen LogP contribution in [0.3, 0.4) is 0 Å². The van der Waals surface area contributed by atoms with Gasteiger partial charge in [-0.15, -0.1) is 0 Å². The van der Waals surface area contributed by atoms with Crippen LogP contribution in [0, 0.1) is 5.92 Å². The monoisotopic (exact) mass is 280 g/mol. The number of imidazole rings is 1. The normalized spacial score (nSPS) is 21.6. The highest BCUT2D eigenvalue weighted by atomic mass is 16.4. The molecule has 7 heteroatoms. The Morgan fingerprint density at radius 1 is 1.50 bits per heavy atom. The number of urea groups is 1. The standard InChI is InChI=1S/C13H20N4O3/c1-17-7-6-14-11(17)4-5-15-13(20)16-10-3-2-9(8-10)12(18)19/h6-7,9-10H,2-5,8H2,1H3,(H,18,19)(H2,15,16,20)/t9-,10+/m1/s1. The number of aliphatic carboxylic acids is 1. The number of hydrogen-bond donors (Lipinski definition) is 3. The zero-order valence-corrected chi connectivity index (χ0v) is 11.5. The second-order valence-electron chi connectivity index (χ2n) is 5.15. The fraction of sp³-hybridized carbons (Fsp3) is 0.615. The van der Waals surface area contributed by atoms with E-state index in [0.29, 0.717) is 25.8 Å². The molecule has 110 valence electrons. The molecule has 20 heavy (non-hydrogen) atoms. The summed E-state index contributed by atoms with van der Waals surface area (Å²) in [5.74, 6) is -0.186. The molecule has 2 atom stereocenters. The van der Waals surface area contributed by atoms with E-state index >= 15 is 0 Å². The first-order chi connectivity index (χ1) is 9.56. The molecule has 0 spiro atoms. The van der Waals surface area contributed by atoms with E-state index in [4.69, 9.17) is 5.11 Å². The molecule has 1 heterocycles. The number of carboxylic acids is 1. The minimum Gasteiger partial charge on any atom is -0.481 e. The molecule has 2 rings (SSSR count). The van der Waals surface area contributed by atoms with E-state index in [2.05, 4.69) is 15.6 Å². The highest BCUT2D eigenvalue weighted by Crippen LogP contribution is 2.25. The largest absolute Gasteiger partial charge is 0.481 e. The highest BCUT2D eigenvalue weighted by Gasteiger charge is 2.30. The van der Waals surface area contributed by atoms with Crippen LogP contribution in [0.2, 0.25) is 0 Å². The van der Waals surface area contributed by atoms with E-state index in [-0.39, 0.29) is 18.0 Å². The zero-order valence-electron chi connectivity index (χ0n) is 11.5. The maximum atomic E-state index is 11.7. The number of nitrogens with zero attached hydrogens (tertiary/aromatic N) is 2. The predicted molar refractivity (Wildman–Crippen MR) is 72.2 cm³/mol. The van der Waals surface area contributed by atoms with Crippen molar-refractivity contribution in [2.24, 2.45) is 13.0 Å². The summed E-state index contributed by atoms with van der Waals surface area (Å²) in [6.45, 7) is 0.506. The SMILES string of the molecule is Cn1ccnc1CCNC(=O)N[C@H]1CC[C@@H](C(=O)O)C1. The second kappa shape index (κ2) is 6.40. The molecule has 2 amide bonds. The van der Waals surface area contributed by atoms with Crippen LogP contribution in [-0.2, 0) is 18.3 Å². The molecule has 1 fully saturated rings. The van der Waals surface area contributed by atoms with E-state index in [1.54, 1.807) is 6.20 Å². The van der Waals surface area contributed by atoms with E-state index < -0.39 is 5.97 Å². The van der Waals surface area contributed by atoms with Crippen LogP contribution in [0.4, 0.5) is 4.79 Å². The van der Waals surface area contributed by atoms with Crippen molar-refractivity contribution in [2.45, 2.75) is 31.7 Å². The van der Waals surface area contributed by atoms with Crippen LogP contribution in [-0.4, -0.2) is 39.2 Å². The van der Waals surface area contributed by atoms with Gasteiger partial charge in [0.15, 0.2) is 0 Å². The first kappa shape index (κ1) is 14.4. The third-order valence-corrected chi connectivity index (χ3v) is 3.67. The Morgan fingerprint density at radius 3 is 2.90 bits per heavy atom. The number of aryl methyl sites for hydroxylation is 1. The summed E-state index contributed by atoms with van der Waals surface area (Å²) in [6, 6.07) is -0.278. The Hall–Kier alpha value is -2.05. The number of nitrogens with one attached hydrogen (secondary N) is 2. The van der Waals surface area contributed by atoms with Crippen LogP contribution >= 0.6 is 0 Å². The van der Waals surface area contributed by atoms with E-state index in [9.17, 15) is 9.59 Å². The third kappa shape index (κ3) is 3.72. The van der Waals surface area contributed by atoms with Gasteiger partial charge in [-0.1, -0.05) is 0 Å². The minimum atomic E-state index is -0.774. The molecular formula is C13H20N4O3. The molecule has 1 aliphatic carbocycles. The molecule has 1 saturated carbocycles. The molecule has 1 aromatic heterocycles. The lowest BCUT2D eigenvalue weighted by molar-refractivity contribution is -0.141. The predicted octanol–water partition coefficient (Wildman–Crippen LogP) is 0.515. The van der Waals surface area contributed by atoms with E-state index in [1.165, 1.54) is 0 Å². The Kier molecular flexibility index (Phi) is 4.60. The van der Waals surface area contributed by atoms with E-state index in [1.807, 2.05) is 17.8 Å². The zero-order chi connectivity index (χ0) is 14.5. The van der Waals surface area contributed by atoms with Crippen molar-refractivity contribution in [1.82, 2.24) is 20.2 Å². The average Bonchev–Trinajstić information content (AvgIpc) is 2.99. The molecule has 0 aliphatic heterocycles. The van der Waals surface area contributed by atoms with Crippen LogP contribution in [0.15, 0.2) is 12.4 Å². The van der Waals surface area contributed by atoms with Crippen molar-refractivity contribution in [3.05, 3.63) is 18.2 Å². The number of rotatable bonds is 5. The maximum Gasteiger partial charge on any atom is 0.315 e. The van der Waals surface area contributed by atoms with Gasteiger partial charge in [0.05, 0.1) is 5.92 Å². The quantitative estimate of drug-likeness (QED) is 0.732. The van der Waals surface area contributed by atoms with Gasteiger partial charge in [0.2, 0.25) is 0 Å². The first-order valence-electron chi connectivity index (χ1n) is 6.79. The summed E-state index contributed by atoms with van der Waals surface area (Å²) in [5.41, 5.74) is 0. The van der Waals surface area contributed by atoms with Gasteiger partial charge in [-0.25, -0.2) is 9.78 Å². The Balaban J connectivity index is 1.66. The van der Waals surface area contributed by atoms with Gasteiger partial charge in [-0.2, -0.15) is 0 Å². The molecule has 0 bridgehead atoms. The van der Waals surface area contributed by atoms with Crippen LogP contribution in [0.5, 0.6) is 0 Å². The minimum absolute atomic E-state index is 0.0377. The van der Waals surface area contributed by atoms with Gasteiger partial charge < -0.3 is 20.3 Å². The summed E-state index contributed by atoms with van der Waals surface area (Å²) in [7, 11) is 1.91. The van der Waals surface area contributed by atoms with Gasteiger partial charge in [0, 0.05) is 38.4 Å². The molecule has 1 aromatic rings. The Morgan fingerprint density at radius 2 is 2.30 bits per heavy atom. The van der Waals surface area contributed by atoms with Crippen molar-refractivity contribution < 1.29 is 14.7 Å². The van der Waals surface area contributed by atoms with Crippen LogP contribution in [0.1, 0.15) is 25.1 Å². The number of carbonyl (C=O) groups excluding carboxylic acids is 1. The van der Waals surface area contributed by atoms with Crippen molar-refractivity contribution in [2.75, 3.05) is 6.54 Å². The molecular weight excluding hydrogens is 260 g/mol. The molecule has 0 saturated heterocycles. The summed E-state index contributed by atoms with van der Waals surface area (Å²) in [5, 5.41) is 14.5. The third-order valence-electron chi connectivity index (χ3n) is 3.67. The van der Waals surface area contributed by atoms with Gasteiger partial charge in [0.1, 0.15) is 5.82 Å². The second-order valence-corrected chi connectivity index (χ2v) is 5.15. The van der Waals surface area contributed by atoms with E-state index in [0.717, 1.165) is 12.2 Å². The smallest absolute Gasteiger partial charge is 0.315 e. The van der Waals surface area contributed by atoms with Gasteiger partial charge in [-0.05, 0) is 19.3 Å². The molecule has 7 nitrogen and oxygen atoms in total. The molecule has 0 aromatic carbocycles. The Labute approximate surface area is 117 Å². The fourth-order valence-corrected chi connectivity index (χ4v) is 2.50. The van der Waals surface area contributed by atoms with Crippen molar-refractivity contribution >= 4 is 12.0 Å². The lowest BCUT2D eigenvalue weighted by Crippen LogP contribution is -2.42. The number of hydrogen-bond acceptors (Lipinski definition) is 3. The highest BCUT2D eigenvalue weighted by molar-refractivity contribution is 5.75. The molecule has 3 N–H and O–H groups in total. The summed E-state index contributed by atoms with van der Waals surface area (Å²) in [4.78, 5) is 26.7. The summed E-state index contributed by atoms with van der Waals surface area (Å²) in [6.07, 6.45) is 6.12. The summed E-state index contributed by atoms with van der Waals surface area (Å²) < 4.78 is 1.91. The average molecular weight is 280 g/mol. The fourth-order valence-electron chi connectivity index (χ4n) is 2.50. The van der Waals surface area contributed by atoms with Crippen molar-refractivity contribution in [1.29, 1.82) is 0 Å². The molecule has 0 radical (unpaired) electrons. The van der Waals surface area contributed by atoms with Crippen molar-refractivity contribution in [3.63, 3.8) is 0 Å². The maximum absolute atomic E-state index is 11.7. The Bertz CT molecular complexity index is 486. The number of carbonyl (C=O) groups is 2. The topological polar surface area (TPSA) is 96.3 Å². The first-order valence-corrected chi connectivity index (χ1v) is 6.79. The lowest BCUT2D eigenvalue weighted by atomic mass is 10.1. The number of carboxylic acid groups (broad SMARTS) is 1. The number of aromatic nitrogens is 2. The van der Waals surface area contributed by atoms with Gasteiger partial charge >= 0.3 is 12.0 Å². The van der Waals surface area contributed by atoms with Crippen LogP contribution in [0.25, 0.3) is 0 Å². The van der Waals surface area contributed by atoms with Crippen molar-refractivity contribution in [3.8, 4) is 0 Å². The lowest BCUT2D eigenvalue weighted by Gasteiger charge is -2.13. The molecule has 0 unspecified atom stereocenters. The summed E-state index contributed by atoms with van der Waals surface area (Å²) >= 11 is 0. The van der Waals surface area contributed by atoms with Gasteiger partial charge in [-0.3, -0.25) is 4.79 Å². The molecule has 1 aliphatic rings.